The smallest absolute Gasteiger partial charge is 0.237 e. The second kappa shape index (κ2) is 5.88. The van der Waals surface area contributed by atoms with Gasteiger partial charge in [0.2, 0.25) is 5.91 Å². The highest BCUT2D eigenvalue weighted by molar-refractivity contribution is 6.30. The van der Waals surface area contributed by atoms with E-state index in [2.05, 4.69) is 5.32 Å². The van der Waals surface area contributed by atoms with Gasteiger partial charge < -0.3 is 11.1 Å². The Morgan fingerprint density at radius 1 is 1.42 bits per heavy atom. The van der Waals surface area contributed by atoms with E-state index in [9.17, 15) is 9.18 Å². The van der Waals surface area contributed by atoms with Crippen molar-refractivity contribution in [1.29, 1.82) is 0 Å². The van der Waals surface area contributed by atoms with E-state index in [4.69, 9.17) is 17.3 Å². The number of hydrogen-bond acceptors (Lipinski definition) is 2. The molecule has 0 spiro atoms. The van der Waals surface area contributed by atoms with E-state index in [1.165, 1.54) is 12.1 Å². The molecule has 3 N–H and O–H groups in total. The zero-order chi connectivity index (χ0) is 14.8. The summed E-state index contributed by atoms with van der Waals surface area (Å²) in [5.74, 6) is -0.712. The maximum absolute atomic E-state index is 13.1. The number of rotatable bonds is 3. The second-order valence-corrected chi connectivity index (χ2v) is 6.15. The molecule has 0 aliphatic carbocycles. The van der Waals surface area contributed by atoms with Crippen molar-refractivity contribution in [3.05, 3.63) is 34.6 Å². The van der Waals surface area contributed by atoms with Crippen molar-refractivity contribution in [2.75, 3.05) is 0 Å². The number of hydrogen-bond donors (Lipinski definition) is 2. The summed E-state index contributed by atoms with van der Waals surface area (Å²) in [6, 6.07) is 3.49. The van der Waals surface area contributed by atoms with Crippen LogP contribution in [0.25, 0.3) is 0 Å². The first-order valence-corrected chi connectivity index (χ1v) is 6.51. The van der Waals surface area contributed by atoms with Gasteiger partial charge in [-0.3, -0.25) is 4.79 Å². The molecule has 1 aromatic carbocycles. The van der Waals surface area contributed by atoms with E-state index < -0.39 is 11.9 Å². The van der Waals surface area contributed by atoms with Crippen LogP contribution in [0.4, 0.5) is 4.39 Å². The fourth-order valence-electron chi connectivity index (χ4n) is 1.56. The lowest BCUT2D eigenvalue weighted by Gasteiger charge is -2.27. The zero-order valence-electron chi connectivity index (χ0n) is 11.6. The first-order valence-electron chi connectivity index (χ1n) is 6.14. The second-order valence-electron chi connectivity index (χ2n) is 5.75. The first-order chi connectivity index (χ1) is 8.62. The quantitative estimate of drug-likeness (QED) is 0.897. The van der Waals surface area contributed by atoms with E-state index in [1.54, 1.807) is 13.0 Å². The molecule has 1 aromatic rings. The van der Waals surface area contributed by atoms with Crippen LogP contribution in [-0.4, -0.2) is 11.9 Å². The Bertz CT molecular complexity index is 471. The third-order valence-corrected chi connectivity index (χ3v) is 3.31. The van der Waals surface area contributed by atoms with Crippen LogP contribution in [0.15, 0.2) is 18.2 Å². The fraction of sp³-hybridized carbons (Fsp3) is 0.500. The molecular weight excluding hydrogens is 267 g/mol. The van der Waals surface area contributed by atoms with Crippen molar-refractivity contribution in [2.24, 2.45) is 11.1 Å². The summed E-state index contributed by atoms with van der Waals surface area (Å²) < 4.78 is 13.1. The lowest BCUT2D eigenvalue weighted by molar-refractivity contribution is -0.125. The minimum atomic E-state index is -0.606. The van der Waals surface area contributed by atoms with Gasteiger partial charge in [0, 0.05) is 0 Å². The van der Waals surface area contributed by atoms with Crippen LogP contribution in [0.1, 0.15) is 39.3 Å². The number of benzene rings is 1. The highest BCUT2D eigenvalue weighted by Crippen LogP contribution is 2.22. The molecule has 106 valence electrons. The van der Waals surface area contributed by atoms with Crippen molar-refractivity contribution in [1.82, 2.24) is 5.32 Å². The van der Waals surface area contributed by atoms with Gasteiger partial charge in [0.1, 0.15) is 5.82 Å². The topological polar surface area (TPSA) is 55.1 Å². The standard InChI is InChI=1S/C14H20ClFN2O/c1-8(9-5-6-11(16)10(15)7-9)18-13(19)12(17)14(2,3)4/h5-8,12H,17H2,1-4H3,(H,18,19)/t8?,12-/m1/s1. The van der Waals surface area contributed by atoms with Gasteiger partial charge in [-0.1, -0.05) is 38.4 Å². The Hall–Kier alpha value is -1.13. The number of nitrogens with two attached hydrogens (primary N) is 1. The van der Waals surface area contributed by atoms with E-state index in [0.717, 1.165) is 5.56 Å². The lowest BCUT2D eigenvalue weighted by atomic mass is 9.86. The molecule has 1 unspecified atom stereocenters. The average Bonchev–Trinajstić information content (AvgIpc) is 2.30. The molecule has 1 rings (SSSR count). The maximum Gasteiger partial charge on any atom is 0.237 e. The fourth-order valence-corrected chi connectivity index (χ4v) is 1.75. The summed E-state index contributed by atoms with van der Waals surface area (Å²) in [5.41, 5.74) is 6.30. The zero-order valence-corrected chi connectivity index (χ0v) is 12.4. The van der Waals surface area contributed by atoms with Crippen LogP contribution in [0.5, 0.6) is 0 Å². The van der Waals surface area contributed by atoms with Crippen LogP contribution in [0.3, 0.4) is 0 Å². The monoisotopic (exact) mass is 286 g/mol. The van der Waals surface area contributed by atoms with Crippen molar-refractivity contribution in [2.45, 2.75) is 39.8 Å². The molecule has 0 radical (unpaired) electrons. The van der Waals surface area contributed by atoms with Gasteiger partial charge in [-0.05, 0) is 30.0 Å². The van der Waals surface area contributed by atoms with Gasteiger partial charge in [-0.2, -0.15) is 0 Å². The highest BCUT2D eigenvalue weighted by Gasteiger charge is 2.28. The summed E-state index contributed by atoms with van der Waals surface area (Å²) in [6.07, 6.45) is 0. The Balaban J connectivity index is 2.77. The molecule has 5 heteroatoms. The van der Waals surface area contributed by atoms with Crippen molar-refractivity contribution < 1.29 is 9.18 Å². The minimum absolute atomic E-state index is 0.0405. The maximum atomic E-state index is 13.1. The van der Waals surface area contributed by atoms with Crippen LogP contribution >= 0.6 is 11.6 Å². The molecule has 1 amide bonds. The predicted molar refractivity (Wildman–Crippen MR) is 75.4 cm³/mol. The molecule has 0 bridgehead atoms. The average molecular weight is 287 g/mol. The molecule has 0 aliphatic heterocycles. The first kappa shape index (κ1) is 15.9. The summed E-state index contributed by atoms with van der Waals surface area (Å²) >= 11 is 5.72. The van der Waals surface area contributed by atoms with Crippen molar-refractivity contribution >= 4 is 17.5 Å². The van der Waals surface area contributed by atoms with Crippen LogP contribution in [0, 0.1) is 11.2 Å². The van der Waals surface area contributed by atoms with Crippen LogP contribution in [-0.2, 0) is 4.79 Å². The highest BCUT2D eigenvalue weighted by atomic mass is 35.5. The summed E-state index contributed by atoms with van der Waals surface area (Å²) in [6.45, 7) is 7.50. The number of nitrogens with one attached hydrogen (secondary N) is 1. The van der Waals surface area contributed by atoms with Gasteiger partial charge in [0.25, 0.3) is 0 Å². The Labute approximate surface area is 118 Å². The normalized spacial score (nSPS) is 14.9. The Kier molecular flexibility index (Phi) is 4.93. The molecule has 2 atom stereocenters. The van der Waals surface area contributed by atoms with E-state index in [-0.39, 0.29) is 22.4 Å². The van der Waals surface area contributed by atoms with Gasteiger partial charge >= 0.3 is 0 Å². The van der Waals surface area contributed by atoms with Gasteiger partial charge in [-0.15, -0.1) is 0 Å². The molecule has 0 aliphatic rings. The predicted octanol–water partition coefficient (Wildman–Crippen LogP) is 3.03. The summed E-state index contributed by atoms with van der Waals surface area (Å²) in [7, 11) is 0. The molecule has 3 nitrogen and oxygen atoms in total. The van der Waals surface area contributed by atoms with Crippen LogP contribution < -0.4 is 11.1 Å². The van der Waals surface area contributed by atoms with E-state index >= 15 is 0 Å². The molecule has 0 saturated carbocycles. The number of carbonyl (C=O) groups is 1. The number of amides is 1. The molecule has 19 heavy (non-hydrogen) atoms. The largest absolute Gasteiger partial charge is 0.348 e. The summed E-state index contributed by atoms with van der Waals surface area (Å²) in [4.78, 5) is 12.0. The van der Waals surface area contributed by atoms with Gasteiger partial charge in [0.15, 0.2) is 0 Å². The summed E-state index contributed by atoms with van der Waals surface area (Å²) in [5, 5.41) is 2.84. The molecular formula is C14H20ClFN2O. The number of carbonyl (C=O) groups excluding carboxylic acids is 1. The third kappa shape index (κ3) is 4.18. The Morgan fingerprint density at radius 3 is 2.47 bits per heavy atom. The van der Waals surface area contributed by atoms with Crippen molar-refractivity contribution in [3.63, 3.8) is 0 Å². The Morgan fingerprint density at radius 2 is 2.00 bits per heavy atom. The third-order valence-electron chi connectivity index (χ3n) is 3.02. The van der Waals surface area contributed by atoms with Crippen molar-refractivity contribution in [3.8, 4) is 0 Å². The van der Waals surface area contributed by atoms with E-state index in [1.807, 2.05) is 20.8 Å². The molecule has 0 heterocycles. The van der Waals surface area contributed by atoms with Gasteiger partial charge in [-0.25, -0.2) is 4.39 Å². The van der Waals surface area contributed by atoms with Gasteiger partial charge in [0.05, 0.1) is 17.1 Å². The molecule has 0 saturated heterocycles. The number of halogens is 2. The molecule has 0 fully saturated rings. The lowest BCUT2D eigenvalue weighted by Crippen LogP contribution is -2.49. The minimum Gasteiger partial charge on any atom is -0.348 e. The van der Waals surface area contributed by atoms with E-state index in [0.29, 0.717) is 0 Å². The van der Waals surface area contributed by atoms with Crippen LogP contribution in [0.2, 0.25) is 5.02 Å². The molecule has 0 aromatic heterocycles. The SMILES string of the molecule is CC(NC(=O)[C@@H](N)C(C)(C)C)c1ccc(F)c(Cl)c1.